The van der Waals surface area contributed by atoms with Gasteiger partial charge in [-0.3, -0.25) is 9.67 Å². The Labute approximate surface area is 144 Å². The zero-order chi connectivity index (χ0) is 17.2. The van der Waals surface area contributed by atoms with Gasteiger partial charge in [0.05, 0.1) is 12.7 Å². The van der Waals surface area contributed by atoms with Crippen LogP contribution in [0.4, 0.5) is 0 Å². The number of nitrogens with zero attached hydrogens (tertiary/aromatic N) is 4. The largest absolute Gasteiger partial charge is 0.352 e. The summed E-state index contributed by atoms with van der Waals surface area (Å²) in [6.45, 7) is 6.22. The number of rotatable bonds is 8. The summed E-state index contributed by atoms with van der Waals surface area (Å²) in [4.78, 5) is 6.47. The van der Waals surface area contributed by atoms with Gasteiger partial charge in [0.15, 0.2) is 5.96 Å². The van der Waals surface area contributed by atoms with Crippen LogP contribution >= 0.6 is 0 Å². The molecule has 0 fully saturated rings. The molecule has 2 rings (SSSR count). The Balaban J connectivity index is 1.84. The maximum absolute atomic E-state index is 4.43. The van der Waals surface area contributed by atoms with E-state index in [0.29, 0.717) is 6.54 Å². The molecule has 0 saturated carbocycles. The minimum atomic E-state index is 0.716. The summed E-state index contributed by atoms with van der Waals surface area (Å²) < 4.78 is 1.96. The monoisotopic (exact) mass is 325 g/mol. The Morgan fingerprint density at radius 1 is 1.33 bits per heavy atom. The summed E-state index contributed by atoms with van der Waals surface area (Å²) in [5, 5.41) is 7.82. The van der Waals surface area contributed by atoms with Crippen LogP contribution in [0.5, 0.6) is 0 Å². The molecule has 0 aliphatic heterocycles. The van der Waals surface area contributed by atoms with Crippen LogP contribution in [-0.2, 0) is 13.1 Å². The van der Waals surface area contributed by atoms with E-state index < -0.39 is 0 Å². The molecule has 2 aromatic rings. The van der Waals surface area contributed by atoms with E-state index in [9.17, 15) is 0 Å². The van der Waals surface area contributed by atoms with E-state index in [1.54, 1.807) is 0 Å². The van der Waals surface area contributed by atoms with Crippen molar-refractivity contribution >= 4 is 5.96 Å². The Morgan fingerprint density at radius 3 is 2.83 bits per heavy atom. The van der Waals surface area contributed by atoms with E-state index in [0.717, 1.165) is 37.5 Å². The first-order chi connectivity index (χ1) is 11.7. The van der Waals surface area contributed by atoms with Gasteiger partial charge in [-0.05, 0) is 18.4 Å². The molecule has 1 heterocycles. The molecule has 128 valence electrons. The molecule has 0 atom stereocenters. The molecule has 0 radical (unpaired) electrons. The molecule has 0 bridgehead atoms. The maximum atomic E-state index is 4.43. The van der Waals surface area contributed by atoms with Crippen LogP contribution in [0.1, 0.15) is 24.0 Å². The highest BCUT2D eigenvalue weighted by atomic mass is 15.3. The lowest BCUT2D eigenvalue weighted by Gasteiger charge is -2.21. The Morgan fingerprint density at radius 2 is 2.12 bits per heavy atom. The number of hydrogen-bond acceptors (Lipinski definition) is 2. The van der Waals surface area contributed by atoms with E-state index in [1.165, 1.54) is 5.56 Å². The van der Waals surface area contributed by atoms with Gasteiger partial charge in [-0.25, -0.2) is 0 Å². The van der Waals surface area contributed by atoms with Gasteiger partial charge in [0.2, 0.25) is 0 Å². The number of unbranched alkanes of at least 4 members (excludes halogenated alkanes) is 1. The predicted molar refractivity (Wildman–Crippen MR) is 100 cm³/mol. The van der Waals surface area contributed by atoms with Crippen LogP contribution in [0, 0.1) is 0 Å². The van der Waals surface area contributed by atoms with Crippen molar-refractivity contribution in [1.82, 2.24) is 20.0 Å². The molecule has 1 aromatic heterocycles. The summed E-state index contributed by atoms with van der Waals surface area (Å²) in [7, 11) is 3.86. The van der Waals surface area contributed by atoms with Gasteiger partial charge < -0.3 is 10.2 Å². The second kappa shape index (κ2) is 9.55. The lowest BCUT2D eigenvalue weighted by atomic mass is 10.2. The molecule has 0 aliphatic rings. The van der Waals surface area contributed by atoms with Crippen molar-refractivity contribution in [2.45, 2.75) is 25.9 Å². The third-order valence-corrected chi connectivity index (χ3v) is 3.80. The highest BCUT2D eigenvalue weighted by Crippen LogP contribution is 2.04. The maximum Gasteiger partial charge on any atom is 0.193 e. The Hall–Kier alpha value is -2.56. The van der Waals surface area contributed by atoms with Crippen molar-refractivity contribution in [2.24, 2.45) is 4.99 Å². The van der Waals surface area contributed by atoms with E-state index in [2.05, 4.69) is 52.3 Å². The number of guanidine groups is 1. The van der Waals surface area contributed by atoms with E-state index in [4.69, 9.17) is 0 Å². The van der Waals surface area contributed by atoms with Gasteiger partial charge in [-0.15, -0.1) is 6.58 Å². The molecule has 24 heavy (non-hydrogen) atoms. The van der Waals surface area contributed by atoms with Gasteiger partial charge in [0.25, 0.3) is 0 Å². The number of nitrogens with one attached hydrogen (secondary N) is 1. The highest BCUT2D eigenvalue weighted by molar-refractivity contribution is 5.79. The summed E-state index contributed by atoms with van der Waals surface area (Å²) in [5.74, 6) is 0.898. The number of aromatic nitrogens is 2. The van der Waals surface area contributed by atoms with Crippen LogP contribution in [0.15, 0.2) is 60.4 Å². The van der Waals surface area contributed by atoms with Crippen molar-refractivity contribution in [3.63, 3.8) is 0 Å². The second-order valence-electron chi connectivity index (χ2n) is 5.78. The Bertz CT molecular complexity index is 645. The normalized spacial score (nSPS) is 11.3. The average molecular weight is 325 g/mol. The fourth-order valence-corrected chi connectivity index (χ4v) is 2.50. The molecule has 0 saturated heterocycles. The van der Waals surface area contributed by atoms with Gasteiger partial charge in [-0.2, -0.15) is 5.10 Å². The smallest absolute Gasteiger partial charge is 0.193 e. The predicted octanol–water partition coefficient (Wildman–Crippen LogP) is 2.90. The van der Waals surface area contributed by atoms with Crippen LogP contribution in [0.2, 0.25) is 0 Å². The quantitative estimate of drug-likeness (QED) is 0.351. The zero-order valence-corrected chi connectivity index (χ0v) is 14.7. The van der Waals surface area contributed by atoms with Gasteiger partial charge >= 0.3 is 0 Å². The van der Waals surface area contributed by atoms with Crippen LogP contribution in [-0.4, -0.2) is 41.3 Å². The van der Waals surface area contributed by atoms with Crippen LogP contribution < -0.4 is 5.32 Å². The number of aliphatic imine (C=N–C) groups is 1. The molecular weight excluding hydrogens is 298 g/mol. The SMILES string of the molecule is C=CCCCN(C)C(=NC)NCc1cnn(Cc2ccccc2)c1. The fourth-order valence-electron chi connectivity index (χ4n) is 2.50. The number of allylic oxidation sites excluding steroid dienone is 1. The van der Waals surface area contributed by atoms with Crippen molar-refractivity contribution < 1.29 is 0 Å². The summed E-state index contributed by atoms with van der Waals surface area (Å²) in [5.41, 5.74) is 2.39. The van der Waals surface area contributed by atoms with E-state index in [-0.39, 0.29) is 0 Å². The molecule has 0 aliphatic carbocycles. The first kappa shape index (κ1) is 17.8. The molecule has 0 amide bonds. The fraction of sp³-hybridized carbons (Fsp3) is 0.368. The van der Waals surface area contributed by atoms with Crippen LogP contribution in [0.3, 0.4) is 0 Å². The molecule has 5 nitrogen and oxygen atoms in total. The van der Waals surface area contributed by atoms with Crippen molar-refractivity contribution in [1.29, 1.82) is 0 Å². The van der Waals surface area contributed by atoms with Crippen molar-refractivity contribution in [2.75, 3.05) is 20.6 Å². The molecule has 1 aromatic carbocycles. The van der Waals surface area contributed by atoms with E-state index in [1.807, 2.05) is 42.2 Å². The van der Waals surface area contributed by atoms with Gasteiger partial charge in [0, 0.05) is 38.9 Å². The zero-order valence-electron chi connectivity index (χ0n) is 14.7. The molecule has 5 heteroatoms. The summed E-state index contributed by atoms with van der Waals surface area (Å²) in [6.07, 6.45) is 8.03. The Kier molecular flexibility index (Phi) is 7.08. The number of benzene rings is 1. The first-order valence-electron chi connectivity index (χ1n) is 8.31. The average Bonchev–Trinajstić information content (AvgIpc) is 3.04. The molecule has 0 unspecified atom stereocenters. The highest BCUT2D eigenvalue weighted by Gasteiger charge is 2.06. The van der Waals surface area contributed by atoms with Crippen LogP contribution in [0.25, 0.3) is 0 Å². The van der Waals surface area contributed by atoms with Gasteiger partial charge in [0.1, 0.15) is 0 Å². The third-order valence-electron chi connectivity index (χ3n) is 3.80. The van der Waals surface area contributed by atoms with Gasteiger partial charge in [-0.1, -0.05) is 36.4 Å². The molecule has 1 N–H and O–H groups in total. The molecule has 0 spiro atoms. The molecular formula is C19H27N5. The standard InChI is InChI=1S/C19H27N5/c1-4-5-9-12-23(3)19(20-2)21-13-18-14-22-24(16-18)15-17-10-7-6-8-11-17/h4,6-8,10-11,14,16H,1,5,9,12-13,15H2,2-3H3,(H,20,21). The summed E-state index contributed by atoms with van der Waals surface area (Å²) >= 11 is 0. The topological polar surface area (TPSA) is 45.4 Å². The minimum absolute atomic E-state index is 0.716. The number of hydrogen-bond donors (Lipinski definition) is 1. The first-order valence-corrected chi connectivity index (χ1v) is 8.31. The van der Waals surface area contributed by atoms with Crippen molar-refractivity contribution in [3.05, 3.63) is 66.5 Å². The summed E-state index contributed by atoms with van der Waals surface area (Å²) in [6, 6.07) is 10.3. The van der Waals surface area contributed by atoms with E-state index >= 15 is 0 Å². The minimum Gasteiger partial charge on any atom is -0.352 e. The lowest BCUT2D eigenvalue weighted by molar-refractivity contribution is 0.470. The lowest BCUT2D eigenvalue weighted by Crippen LogP contribution is -2.38. The second-order valence-corrected chi connectivity index (χ2v) is 5.78. The van der Waals surface area contributed by atoms with Crippen molar-refractivity contribution in [3.8, 4) is 0 Å². The third kappa shape index (κ3) is 5.57.